The van der Waals surface area contributed by atoms with E-state index in [1.54, 1.807) is 0 Å². The minimum absolute atomic E-state index is 0.525. The van der Waals surface area contributed by atoms with Crippen molar-refractivity contribution >= 4 is 33.2 Å². The van der Waals surface area contributed by atoms with Crippen LogP contribution < -0.4 is 0 Å². The molecule has 0 spiro atoms. The van der Waals surface area contributed by atoms with E-state index in [4.69, 9.17) is 13.1 Å². The van der Waals surface area contributed by atoms with Crippen LogP contribution in [-0.4, -0.2) is 4.57 Å². The summed E-state index contributed by atoms with van der Waals surface area (Å²) >= 11 is 0. The Morgan fingerprint density at radius 2 is 0.939 bits per heavy atom. The molecule has 7 aromatic carbocycles. The Hall–Kier alpha value is -7.19. The second-order valence-electron chi connectivity index (χ2n) is 12.0. The molecule has 0 saturated heterocycles. The van der Waals surface area contributed by atoms with Crippen molar-refractivity contribution in [1.29, 1.82) is 5.26 Å². The van der Waals surface area contributed by atoms with Crippen molar-refractivity contribution in [3.05, 3.63) is 186 Å². The van der Waals surface area contributed by atoms with Gasteiger partial charge in [-0.25, -0.2) is 9.69 Å². The van der Waals surface area contributed by atoms with Crippen LogP contribution in [0.25, 0.3) is 81.7 Å². The Bertz CT molecular complexity index is 2550. The predicted octanol–water partition coefficient (Wildman–Crippen LogP) is 12.4. The maximum atomic E-state index is 9.64. The van der Waals surface area contributed by atoms with Gasteiger partial charge in [-0.3, -0.25) is 0 Å². The summed E-state index contributed by atoms with van der Waals surface area (Å²) < 4.78 is 2.12. The topological polar surface area (TPSA) is 37.4 Å². The van der Waals surface area contributed by atoms with Gasteiger partial charge in [-0.2, -0.15) is 5.26 Å². The van der Waals surface area contributed by atoms with E-state index >= 15 is 0 Å². The van der Waals surface area contributed by atoms with Crippen LogP contribution in [0.2, 0.25) is 0 Å². The molecular formula is C45H26N4. The van der Waals surface area contributed by atoms with Gasteiger partial charge < -0.3 is 4.57 Å². The summed E-state index contributed by atoms with van der Waals surface area (Å²) in [6.07, 6.45) is 0. The van der Waals surface area contributed by atoms with Crippen LogP contribution in [-0.2, 0) is 0 Å². The molecule has 0 N–H and O–H groups in total. The van der Waals surface area contributed by atoms with E-state index in [1.807, 2.05) is 60.7 Å². The van der Waals surface area contributed by atoms with E-state index in [0.29, 0.717) is 16.9 Å². The molecule has 1 aromatic heterocycles. The molecule has 0 aliphatic rings. The Morgan fingerprint density at radius 1 is 0.429 bits per heavy atom. The third kappa shape index (κ3) is 5.39. The number of hydrogen-bond donors (Lipinski definition) is 0. The van der Waals surface area contributed by atoms with E-state index in [1.165, 1.54) is 0 Å². The first kappa shape index (κ1) is 29.2. The zero-order chi connectivity index (χ0) is 33.3. The second-order valence-corrected chi connectivity index (χ2v) is 12.0. The van der Waals surface area contributed by atoms with Crippen molar-refractivity contribution in [3.8, 4) is 56.3 Å². The van der Waals surface area contributed by atoms with E-state index in [9.17, 15) is 5.26 Å². The van der Waals surface area contributed by atoms with Crippen molar-refractivity contribution in [2.45, 2.75) is 0 Å². The van der Waals surface area contributed by atoms with Gasteiger partial charge >= 0.3 is 0 Å². The lowest BCUT2D eigenvalue weighted by Gasteiger charge is -2.14. The first-order chi connectivity index (χ1) is 24.1. The van der Waals surface area contributed by atoms with Gasteiger partial charge in [-0.05, 0) is 123 Å². The van der Waals surface area contributed by atoms with Gasteiger partial charge in [0.1, 0.15) is 0 Å². The minimum Gasteiger partial charge on any atom is -0.311 e. The summed E-state index contributed by atoms with van der Waals surface area (Å²) in [5.74, 6) is 0. The summed E-state index contributed by atoms with van der Waals surface area (Å²) in [6, 6.07) is 55.6. The molecule has 0 unspecified atom stereocenters. The average molecular weight is 623 g/mol. The molecule has 0 amide bonds. The summed E-state index contributed by atoms with van der Waals surface area (Å²) in [4.78, 5) is 7.51. The van der Waals surface area contributed by atoms with Gasteiger partial charge in [-0.1, -0.05) is 84.9 Å². The first-order valence-electron chi connectivity index (χ1n) is 15.9. The highest BCUT2D eigenvalue weighted by Gasteiger charge is 2.16. The van der Waals surface area contributed by atoms with Gasteiger partial charge in [0.2, 0.25) is 0 Å². The third-order valence-electron chi connectivity index (χ3n) is 8.97. The van der Waals surface area contributed by atoms with Gasteiger partial charge in [0.15, 0.2) is 11.4 Å². The molecule has 0 saturated carbocycles. The average Bonchev–Trinajstić information content (AvgIpc) is 3.51. The number of hydrogen-bond acceptors (Lipinski definition) is 1. The Balaban J connectivity index is 1.29. The molecule has 4 heteroatoms. The van der Waals surface area contributed by atoms with E-state index in [2.05, 4.69) is 117 Å². The van der Waals surface area contributed by atoms with Crippen LogP contribution in [0.5, 0.6) is 0 Å². The fourth-order valence-corrected chi connectivity index (χ4v) is 6.65. The molecule has 1 heterocycles. The Labute approximate surface area is 284 Å². The van der Waals surface area contributed by atoms with Crippen LogP contribution in [0.1, 0.15) is 5.56 Å². The maximum absolute atomic E-state index is 9.64. The minimum atomic E-state index is 0.525. The summed E-state index contributed by atoms with van der Waals surface area (Å²) in [7, 11) is 0. The standard InChI is InChI=1S/C45H26N4/c1-47-39-17-19-45-43(28-39)42-20-30(29-46)16-18-44(42)49(45)41-26-38(25-40(27-41)48-2)34-15-9-14-33(21-34)37-23-35(31-10-5-3-6-11-31)22-36(24-37)32-12-7-4-8-13-32/h3-28H. The fourth-order valence-electron chi connectivity index (χ4n) is 6.65. The Kier molecular flexibility index (Phi) is 7.28. The highest BCUT2D eigenvalue weighted by Crippen LogP contribution is 2.39. The number of nitrogens with zero attached hydrogens (tertiary/aromatic N) is 4. The molecule has 0 radical (unpaired) electrons. The van der Waals surface area contributed by atoms with Crippen molar-refractivity contribution in [2.24, 2.45) is 0 Å². The molecule has 0 bridgehead atoms. The number of rotatable bonds is 5. The van der Waals surface area contributed by atoms with E-state index in [-0.39, 0.29) is 0 Å². The zero-order valence-electron chi connectivity index (χ0n) is 26.3. The monoisotopic (exact) mass is 622 g/mol. The molecule has 49 heavy (non-hydrogen) atoms. The zero-order valence-corrected chi connectivity index (χ0v) is 26.3. The molecule has 0 fully saturated rings. The predicted molar refractivity (Wildman–Crippen MR) is 200 cm³/mol. The third-order valence-corrected chi connectivity index (χ3v) is 8.97. The van der Waals surface area contributed by atoms with Crippen molar-refractivity contribution in [1.82, 2.24) is 4.57 Å². The molecule has 226 valence electrons. The fraction of sp³-hybridized carbons (Fsp3) is 0. The van der Waals surface area contributed by atoms with Gasteiger partial charge in [0, 0.05) is 11.1 Å². The first-order valence-corrected chi connectivity index (χ1v) is 15.9. The summed E-state index contributed by atoms with van der Waals surface area (Å²) in [6.45, 7) is 15.6. The number of aromatic nitrogens is 1. The van der Waals surface area contributed by atoms with Gasteiger partial charge in [-0.15, -0.1) is 0 Å². The molecular weight excluding hydrogens is 597 g/mol. The Morgan fingerprint density at radius 3 is 1.53 bits per heavy atom. The SMILES string of the molecule is [C-]#[N+]c1cc(-c2cccc(-c3cc(-c4ccccc4)cc(-c4ccccc4)c3)c2)cc(-n2c3ccc(C#N)cc3c3cc([N+]#[C-])ccc32)c1. The van der Waals surface area contributed by atoms with E-state index < -0.39 is 0 Å². The van der Waals surface area contributed by atoms with Crippen molar-refractivity contribution in [3.63, 3.8) is 0 Å². The molecule has 0 atom stereocenters. The lowest BCUT2D eigenvalue weighted by atomic mass is 9.92. The second kappa shape index (κ2) is 12.2. The number of fused-ring (bicyclic) bond motifs is 3. The molecule has 0 aliphatic carbocycles. The van der Waals surface area contributed by atoms with Crippen molar-refractivity contribution in [2.75, 3.05) is 0 Å². The summed E-state index contributed by atoms with van der Waals surface area (Å²) in [5.41, 5.74) is 13.0. The number of nitriles is 1. The van der Waals surface area contributed by atoms with Crippen molar-refractivity contribution < 1.29 is 0 Å². The van der Waals surface area contributed by atoms with Gasteiger partial charge in [0.05, 0.1) is 35.8 Å². The maximum Gasteiger partial charge on any atom is 0.189 e. The normalized spacial score (nSPS) is 10.8. The smallest absolute Gasteiger partial charge is 0.189 e. The number of benzene rings is 7. The summed E-state index contributed by atoms with van der Waals surface area (Å²) in [5, 5.41) is 11.4. The van der Waals surface area contributed by atoms with Crippen LogP contribution in [0.4, 0.5) is 11.4 Å². The molecule has 8 rings (SSSR count). The quantitative estimate of drug-likeness (QED) is 0.176. The highest BCUT2D eigenvalue weighted by molar-refractivity contribution is 6.11. The largest absolute Gasteiger partial charge is 0.311 e. The molecule has 8 aromatic rings. The highest BCUT2D eigenvalue weighted by atomic mass is 15.0. The van der Waals surface area contributed by atoms with Crippen LogP contribution in [0.3, 0.4) is 0 Å². The molecule has 0 aliphatic heterocycles. The lowest BCUT2D eigenvalue weighted by Crippen LogP contribution is -1.95. The van der Waals surface area contributed by atoms with E-state index in [0.717, 1.165) is 72.0 Å². The van der Waals surface area contributed by atoms with Crippen LogP contribution in [0.15, 0.2) is 158 Å². The lowest BCUT2D eigenvalue weighted by molar-refractivity contribution is 1.18. The van der Waals surface area contributed by atoms with Gasteiger partial charge in [0.25, 0.3) is 0 Å². The molecule has 4 nitrogen and oxygen atoms in total. The van der Waals surface area contributed by atoms with Crippen LogP contribution in [0, 0.1) is 24.5 Å². The van der Waals surface area contributed by atoms with Crippen LogP contribution >= 0.6 is 0 Å².